The van der Waals surface area contributed by atoms with Crippen LogP contribution < -0.4 is 15.5 Å². The maximum Gasteiger partial charge on any atom is 0.405 e. The third kappa shape index (κ3) is 4.36. The van der Waals surface area contributed by atoms with Gasteiger partial charge in [0.1, 0.15) is 24.2 Å². The van der Waals surface area contributed by atoms with Crippen LogP contribution in [0.4, 0.5) is 29.2 Å². The number of amides is 1. The molecular weight excluding hydrogens is 440 g/mol. The molecule has 0 saturated carbocycles. The van der Waals surface area contributed by atoms with Gasteiger partial charge in [-0.2, -0.15) is 13.2 Å². The van der Waals surface area contributed by atoms with Crippen LogP contribution in [0.15, 0.2) is 18.5 Å². The van der Waals surface area contributed by atoms with Gasteiger partial charge in [-0.05, 0) is 25.8 Å². The van der Waals surface area contributed by atoms with Crippen LogP contribution in [0.1, 0.15) is 37.1 Å². The Kier molecular flexibility index (Phi) is 5.63. The van der Waals surface area contributed by atoms with E-state index in [1.165, 1.54) is 11.1 Å². The molecule has 0 aromatic carbocycles. The highest BCUT2D eigenvalue weighted by atomic mass is 35.5. The smallest absolute Gasteiger partial charge is 0.369 e. The van der Waals surface area contributed by atoms with E-state index in [9.17, 15) is 22.4 Å². The molecule has 166 valence electrons. The Balaban J connectivity index is 1.63. The molecule has 1 unspecified atom stereocenters. The van der Waals surface area contributed by atoms with Crippen LogP contribution in [0.2, 0.25) is 5.02 Å². The Labute approximate surface area is 180 Å². The fraction of sp³-hybridized carbons (Fsp3) is 0.474. The van der Waals surface area contributed by atoms with E-state index in [2.05, 4.69) is 20.3 Å². The Hall–Kier alpha value is -2.69. The SMILES string of the molecule is C[C@H]1CC[C@H](C(=O)NCC(F)(F)F)N1c1nc(C2CNc3ncc(Cl)cc32)ncc1F. The molecular formula is C19H19ClF4N6O. The van der Waals surface area contributed by atoms with Gasteiger partial charge in [0.2, 0.25) is 5.91 Å². The quantitative estimate of drug-likeness (QED) is 0.684. The van der Waals surface area contributed by atoms with Crippen molar-refractivity contribution in [3.63, 3.8) is 0 Å². The third-order valence-electron chi connectivity index (χ3n) is 5.47. The minimum Gasteiger partial charge on any atom is -0.369 e. The number of hydrogen-bond donors (Lipinski definition) is 2. The number of rotatable bonds is 4. The first-order chi connectivity index (χ1) is 14.6. The zero-order valence-electron chi connectivity index (χ0n) is 16.4. The van der Waals surface area contributed by atoms with Crippen molar-refractivity contribution in [3.05, 3.63) is 40.7 Å². The molecule has 0 radical (unpaired) electrons. The van der Waals surface area contributed by atoms with Crippen molar-refractivity contribution >= 4 is 29.1 Å². The number of carbonyl (C=O) groups is 1. The largest absolute Gasteiger partial charge is 0.405 e. The zero-order valence-corrected chi connectivity index (χ0v) is 17.1. The summed E-state index contributed by atoms with van der Waals surface area (Å²) < 4.78 is 52.3. The van der Waals surface area contributed by atoms with Crippen molar-refractivity contribution in [2.45, 2.75) is 43.9 Å². The molecule has 3 atom stereocenters. The highest BCUT2D eigenvalue weighted by Crippen LogP contribution is 2.37. The summed E-state index contributed by atoms with van der Waals surface area (Å²) in [5.74, 6) is -1.07. The van der Waals surface area contributed by atoms with Crippen LogP contribution in [0.5, 0.6) is 0 Å². The van der Waals surface area contributed by atoms with E-state index in [4.69, 9.17) is 11.6 Å². The average Bonchev–Trinajstić information content (AvgIpc) is 3.29. The number of halogens is 5. The van der Waals surface area contributed by atoms with E-state index in [1.807, 2.05) is 5.32 Å². The first-order valence-corrected chi connectivity index (χ1v) is 10.1. The van der Waals surface area contributed by atoms with Crippen molar-refractivity contribution in [1.29, 1.82) is 0 Å². The van der Waals surface area contributed by atoms with Gasteiger partial charge in [0, 0.05) is 24.3 Å². The van der Waals surface area contributed by atoms with Crippen LogP contribution in [0.3, 0.4) is 0 Å². The van der Waals surface area contributed by atoms with E-state index < -0.39 is 30.5 Å². The van der Waals surface area contributed by atoms with Crippen LogP contribution in [-0.2, 0) is 4.79 Å². The molecule has 1 amide bonds. The van der Waals surface area contributed by atoms with E-state index in [0.29, 0.717) is 29.6 Å². The Morgan fingerprint density at radius 1 is 1.32 bits per heavy atom. The summed E-state index contributed by atoms with van der Waals surface area (Å²) in [6.07, 6.45) is -1.21. The Morgan fingerprint density at radius 3 is 2.84 bits per heavy atom. The second kappa shape index (κ2) is 8.10. The molecule has 4 rings (SSSR count). The number of carbonyl (C=O) groups excluding carboxylic acids is 1. The molecule has 1 fully saturated rings. The lowest BCUT2D eigenvalue weighted by Gasteiger charge is -2.29. The molecule has 4 heterocycles. The fourth-order valence-corrected chi connectivity index (χ4v) is 4.20. The van der Waals surface area contributed by atoms with Crippen LogP contribution >= 0.6 is 11.6 Å². The van der Waals surface area contributed by atoms with Crippen molar-refractivity contribution in [2.75, 3.05) is 23.3 Å². The fourth-order valence-electron chi connectivity index (χ4n) is 4.03. The molecule has 0 spiro atoms. The van der Waals surface area contributed by atoms with Crippen molar-refractivity contribution in [3.8, 4) is 0 Å². The molecule has 31 heavy (non-hydrogen) atoms. The van der Waals surface area contributed by atoms with Crippen LogP contribution in [-0.4, -0.2) is 52.2 Å². The van der Waals surface area contributed by atoms with Gasteiger partial charge in [-0.1, -0.05) is 11.6 Å². The summed E-state index contributed by atoms with van der Waals surface area (Å²) in [6, 6.07) is 0.482. The third-order valence-corrected chi connectivity index (χ3v) is 5.67. The molecule has 2 aliphatic rings. The monoisotopic (exact) mass is 458 g/mol. The Bertz CT molecular complexity index is 1000. The number of anilines is 2. The molecule has 12 heteroatoms. The second-order valence-electron chi connectivity index (χ2n) is 7.61. The molecule has 1 saturated heterocycles. The van der Waals surface area contributed by atoms with Gasteiger partial charge in [-0.15, -0.1) is 0 Å². The average molecular weight is 459 g/mol. The minimum absolute atomic E-state index is 0.106. The predicted molar refractivity (Wildman–Crippen MR) is 106 cm³/mol. The lowest BCUT2D eigenvalue weighted by molar-refractivity contribution is -0.139. The van der Waals surface area contributed by atoms with Crippen molar-refractivity contribution in [2.24, 2.45) is 0 Å². The number of hydrogen-bond acceptors (Lipinski definition) is 6. The van der Waals surface area contributed by atoms with Crippen LogP contribution in [0.25, 0.3) is 0 Å². The van der Waals surface area contributed by atoms with E-state index in [1.54, 1.807) is 13.0 Å². The van der Waals surface area contributed by atoms with Crippen molar-refractivity contribution < 1.29 is 22.4 Å². The number of alkyl halides is 3. The van der Waals surface area contributed by atoms with E-state index in [-0.39, 0.29) is 24.2 Å². The first-order valence-electron chi connectivity index (χ1n) is 9.68. The molecule has 0 bridgehead atoms. The van der Waals surface area contributed by atoms with Gasteiger partial charge in [0.05, 0.1) is 17.1 Å². The molecule has 2 aliphatic heterocycles. The minimum atomic E-state index is -4.53. The van der Waals surface area contributed by atoms with Crippen LogP contribution in [0, 0.1) is 5.82 Å². The van der Waals surface area contributed by atoms with E-state index >= 15 is 0 Å². The van der Waals surface area contributed by atoms with Gasteiger partial charge in [0.15, 0.2) is 11.6 Å². The molecule has 2 aromatic rings. The topological polar surface area (TPSA) is 83.0 Å². The molecule has 2 N–H and O–H groups in total. The molecule has 2 aromatic heterocycles. The summed E-state index contributed by atoms with van der Waals surface area (Å²) in [4.78, 5) is 26.6. The number of pyridine rings is 1. The van der Waals surface area contributed by atoms with Gasteiger partial charge < -0.3 is 15.5 Å². The number of aromatic nitrogens is 3. The lowest BCUT2D eigenvalue weighted by Crippen LogP contribution is -2.48. The number of nitrogens with one attached hydrogen (secondary N) is 2. The first kappa shape index (κ1) is 21.5. The van der Waals surface area contributed by atoms with Gasteiger partial charge in [-0.25, -0.2) is 19.3 Å². The number of fused-ring (bicyclic) bond motifs is 1. The Morgan fingerprint density at radius 2 is 2.10 bits per heavy atom. The molecule has 7 nitrogen and oxygen atoms in total. The maximum absolute atomic E-state index is 14.7. The second-order valence-corrected chi connectivity index (χ2v) is 8.04. The van der Waals surface area contributed by atoms with E-state index in [0.717, 1.165) is 11.8 Å². The van der Waals surface area contributed by atoms with Gasteiger partial charge in [0.25, 0.3) is 0 Å². The summed E-state index contributed by atoms with van der Waals surface area (Å²) in [7, 11) is 0. The van der Waals surface area contributed by atoms with Crippen molar-refractivity contribution in [1.82, 2.24) is 20.3 Å². The lowest BCUT2D eigenvalue weighted by atomic mass is 10.0. The van der Waals surface area contributed by atoms with Gasteiger partial charge >= 0.3 is 6.18 Å². The predicted octanol–water partition coefficient (Wildman–Crippen LogP) is 3.26. The summed E-state index contributed by atoms with van der Waals surface area (Å²) in [6.45, 7) is 0.757. The highest BCUT2D eigenvalue weighted by molar-refractivity contribution is 6.30. The zero-order chi connectivity index (χ0) is 22.3. The molecule has 0 aliphatic carbocycles. The van der Waals surface area contributed by atoms with Gasteiger partial charge in [-0.3, -0.25) is 4.79 Å². The standard InChI is InChI=1S/C19H19ClF4N6O/c1-9-2-3-14(18(31)28-8-19(22,23)24)30(9)17-13(21)7-27-16(29-17)12-6-26-15-11(12)4-10(20)5-25-15/h4-5,7,9,12,14H,2-3,6,8H2,1H3,(H,25,26)(H,28,31)/t9-,12?,14+/m0/s1. The normalized spacial score (nSPS) is 22.9. The summed E-state index contributed by atoms with van der Waals surface area (Å²) in [5, 5.41) is 5.44. The highest BCUT2D eigenvalue weighted by Gasteiger charge is 2.40. The summed E-state index contributed by atoms with van der Waals surface area (Å²) >= 11 is 6.05. The summed E-state index contributed by atoms with van der Waals surface area (Å²) in [5.41, 5.74) is 0.763. The number of nitrogens with zero attached hydrogens (tertiary/aromatic N) is 4. The maximum atomic E-state index is 14.7.